The second kappa shape index (κ2) is 3.61. The Labute approximate surface area is 65.8 Å². The maximum absolute atomic E-state index is 7.02. The number of nitrogens with two attached hydrogens (primary N) is 1. The molecule has 0 saturated heterocycles. The first-order valence-electron chi connectivity index (χ1n) is 3.42. The fraction of sp³-hybridized carbons (Fsp3) is 0.125. The van der Waals surface area contributed by atoms with E-state index in [1.165, 1.54) is 12.4 Å². The number of dihydropyridines is 1. The molecule has 0 aromatic heterocycles. The molecule has 3 heteroatoms. The normalized spacial score (nSPS) is 17.1. The Morgan fingerprint density at radius 2 is 2.55 bits per heavy atom. The summed E-state index contributed by atoms with van der Waals surface area (Å²) in [4.78, 5) is 0. The molecule has 0 fully saturated rings. The molecule has 0 spiro atoms. The highest BCUT2D eigenvalue weighted by Crippen LogP contribution is 2.05. The lowest BCUT2D eigenvalue weighted by atomic mass is 10.2. The summed E-state index contributed by atoms with van der Waals surface area (Å²) in [5, 5.41) is 10.1. The molecule has 0 aromatic carbocycles. The average molecular weight is 149 g/mol. The second-order valence-corrected chi connectivity index (χ2v) is 2.16. The van der Waals surface area contributed by atoms with Crippen LogP contribution in [0.3, 0.4) is 0 Å². The molecule has 0 amide bonds. The van der Waals surface area contributed by atoms with Crippen LogP contribution in [0.15, 0.2) is 35.7 Å². The van der Waals surface area contributed by atoms with Crippen LogP contribution < -0.4 is 11.1 Å². The van der Waals surface area contributed by atoms with Gasteiger partial charge in [-0.1, -0.05) is 12.2 Å². The lowest BCUT2D eigenvalue weighted by molar-refractivity contribution is 0.912. The van der Waals surface area contributed by atoms with Crippen LogP contribution in [-0.2, 0) is 0 Å². The van der Waals surface area contributed by atoms with Crippen molar-refractivity contribution in [3.8, 4) is 0 Å². The van der Waals surface area contributed by atoms with Gasteiger partial charge >= 0.3 is 0 Å². The highest BCUT2D eigenvalue weighted by molar-refractivity contribution is 5.82. The molecule has 1 rings (SSSR count). The van der Waals surface area contributed by atoms with Gasteiger partial charge in [0.25, 0.3) is 0 Å². The van der Waals surface area contributed by atoms with Crippen LogP contribution in [-0.4, -0.2) is 12.8 Å². The lowest BCUT2D eigenvalue weighted by Gasteiger charge is -2.11. The third-order valence-corrected chi connectivity index (χ3v) is 1.46. The zero-order valence-corrected chi connectivity index (χ0v) is 6.17. The Kier molecular flexibility index (Phi) is 2.49. The smallest absolute Gasteiger partial charge is 0.0446 e. The molecule has 3 nitrogen and oxygen atoms in total. The number of hydrogen-bond acceptors (Lipinski definition) is 3. The van der Waals surface area contributed by atoms with Crippen LogP contribution in [0, 0.1) is 5.41 Å². The van der Waals surface area contributed by atoms with Crippen LogP contribution in [0.5, 0.6) is 0 Å². The second-order valence-electron chi connectivity index (χ2n) is 2.16. The van der Waals surface area contributed by atoms with Crippen molar-refractivity contribution in [3.05, 3.63) is 35.7 Å². The molecule has 1 heterocycles. The first-order chi connectivity index (χ1) is 5.38. The number of hydrogen-bond donors (Lipinski definition) is 3. The molecule has 1 aliphatic heterocycles. The summed E-state index contributed by atoms with van der Waals surface area (Å²) in [6, 6.07) is 0. The van der Waals surface area contributed by atoms with Gasteiger partial charge in [-0.3, -0.25) is 0 Å². The fourth-order valence-electron chi connectivity index (χ4n) is 0.874. The van der Waals surface area contributed by atoms with Gasteiger partial charge in [-0.2, -0.15) is 0 Å². The van der Waals surface area contributed by atoms with E-state index in [0.29, 0.717) is 5.57 Å². The van der Waals surface area contributed by atoms with Crippen LogP contribution in [0.2, 0.25) is 0 Å². The van der Waals surface area contributed by atoms with Gasteiger partial charge in [0.05, 0.1) is 0 Å². The van der Waals surface area contributed by atoms with Crippen molar-refractivity contribution < 1.29 is 0 Å². The van der Waals surface area contributed by atoms with Crippen LogP contribution in [0.1, 0.15) is 0 Å². The Hall–Kier alpha value is -1.51. The summed E-state index contributed by atoms with van der Waals surface area (Å²) < 4.78 is 0. The Balaban J connectivity index is 2.80. The van der Waals surface area contributed by atoms with Gasteiger partial charge in [-0.15, -0.1) is 0 Å². The molecule has 58 valence electrons. The molecule has 4 N–H and O–H groups in total. The molecular formula is C8H11N3. The highest BCUT2D eigenvalue weighted by atomic mass is 14.9. The maximum Gasteiger partial charge on any atom is 0.0446 e. The molecule has 11 heavy (non-hydrogen) atoms. The minimum atomic E-state index is 0.717. The third kappa shape index (κ3) is 1.70. The zero-order chi connectivity index (χ0) is 8.10. The maximum atomic E-state index is 7.02. The number of allylic oxidation sites excluding steroid dienone is 3. The Morgan fingerprint density at radius 1 is 1.73 bits per heavy atom. The van der Waals surface area contributed by atoms with Crippen molar-refractivity contribution in [2.24, 2.45) is 5.73 Å². The van der Waals surface area contributed by atoms with Gasteiger partial charge in [0.15, 0.2) is 0 Å². The minimum Gasteiger partial charge on any atom is -0.404 e. The minimum absolute atomic E-state index is 0.717. The molecular weight excluding hydrogens is 138 g/mol. The monoisotopic (exact) mass is 149 g/mol. The van der Waals surface area contributed by atoms with Gasteiger partial charge < -0.3 is 16.5 Å². The molecule has 0 bridgehead atoms. The molecule has 0 unspecified atom stereocenters. The molecule has 0 atom stereocenters. The first-order valence-corrected chi connectivity index (χ1v) is 3.42. The molecule has 0 saturated carbocycles. The van der Waals surface area contributed by atoms with Gasteiger partial charge in [-0.25, -0.2) is 0 Å². The van der Waals surface area contributed by atoms with E-state index in [0.717, 1.165) is 12.2 Å². The van der Waals surface area contributed by atoms with Crippen molar-refractivity contribution >= 4 is 6.21 Å². The summed E-state index contributed by atoms with van der Waals surface area (Å²) >= 11 is 0. The van der Waals surface area contributed by atoms with E-state index in [2.05, 4.69) is 5.32 Å². The van der Waals surface area contributed by atoms with Crippen LogP contribution in [0.25, 0.3) is 0 Å². The Bertz CT molecular complexity index is 236. The highest BCUT2D eigenvalue weighted by Gasteiger charge is 2.00. The average Bonchev–Trinajstić information content (AvgIpc) is 2.09. The van der Waals surface area contributed by atoms with Crippen LogP contribution in [0.4, 0.5) is 0 Å². The van der Waals surface area contributed by atoms with Gasteiger partial charge in [-0.05, 0) is 6.08 Å². The third-order valence-electron chi connectivity index (χ3n) is 1.46. The molecule has 0 aliphatic carbocycles. The standard InChI is InChI=1S/C8H11N3/c9-5-7(6-10)8-3-1-2-4-11-8/h1-3,5-6,9,11H,4,10H2/b7-6+,9-5?. The molecule has 0 aromatic rings. The summed E-state index contributed by atoms with van der Waals surface area (Å²) in [6.07, 6.45) is 8.50. The van der Waals surface area contributed by atoms with E-state index < -0.39 is 0 Å². The molecule has 0 radical (unpaired) electrons. The van der Waals surface area contributed by atoms with Crippen LogP contribution >= 0.6 is 0 Å². The summed E-state index contributed by atoms with van der Waals surface area (Å²) in [5.41, 5.74) is 6.92. The topological polar surface area (TPSA) is 61.9 Å². The largest absolute Gasteiger partial charge is 0.404 e. The molecule has 1 aliphatic rings. The lowest BCUT2D eigenvalue weighted by Crippen LogP contribution is -2.18. The van der Waals surface area contributed by atoms with E-state index in [4.69, 9.17) is 11.1 Å². The first kappa shape index (κ1) is 7.60. The van der Waals surface area contributed by atoms with E-state index in [1.807, 2.05) is 18.2 Å². The van der Waals surface area contributed by atoms with Crippen molar-refractivity contribution in [1.82, 2.24) is 5.32 Å². The van der Waals surface area contributed by atoms with Gasteiger partial charge in [0, 0.05) is 30.2 Å². The summed E-state index contributed by atoms with van der Waals surface area (Å²) in [6.45, 7) is 0.803. The van der Waals surface area contributed by atoms with E-state index in [9.17, 15) is 0 Å². The number of nitrogens with one attached hydrogen (secondary N) is 2. The van der Waals surface area contributed by atoms with E-state index in [1.54, 1.807) is 0 Å². The summed E-state index contributed by atoms with van der Waals surface area (Å²) in [7, 11) is 0. The van der Waals surface area contributed by atoms with Gasteiger partial charge in [0.1, 0.15) is 0 Å². The van der Waals surface area contributed by atoms with Crippen molar-refractivity contribution in [3.63, 3.8) is 0 Å². The van der Waals surface area contributed by atoms with Crippen molar-refractivity contribution in [2.45, 2.75) is 0 Å². The van der Waals surface area contributed by atoms with E-state index >= 15 is 0 Å². The summed E-state index contributed by atoms with van der Waals surface area (Å²) in [5.74, 6) is 0. The number of rotatable bonds is 2. The predicted molar refractivity (Wildman–Crippen MR) is 46.3 cm³/mol. The predicted octanol–water partition coefficient (Wildman–Crippen LogP) is 0.522. The van der Waals surface area contributed by atoms with Crippen molar-refractivity contribution in [2.75, 3.05) is 6.54 Å². The zero-order valence-electron chi connectivity index (χ0n) is 6.17. The Morgan fingerprint density at radius 3 is 3.00 bits per heavy atom. The van der Waals surface area contributed by atoms with E-state index in [-0.39, 0.29) is 0 Å². The quantitative estimate of drug-likeness (QED) is 0.501. The fourth-order valence-corrected chi connectivity index (χ4v) is 0.874. The van der Waals surface area contributed by atoms with Gasteiger partial charge in [0.2, 0.25) is 0 Å². The van der Waals surface area contributed by atoms with Crippen molar-refractivity contribution in [1.29, 1.82) is 5.41 Å². The SMILES string of the molecule is N=C/C(=C\N)C1=CC=CCN1.